The topological polar surface area (TPSA) is 76.0 Å². The predicted octanol–water partition coefficient (Wildman–Crippen LogP) is 5.84. The molecule has 176 valence electrons. The minimum Gasteiger partial charge on any atom is -0.328 e. The van der Waals surface area contributed by atoms with Crippen LogP contribution in [0, 0.1) is 12.7 Å². The van der Waals surface area contributed by atoms with Crippen LogP contribution in [0.4, 0.5) is 15.8 Å². The number of aryl methyl sites for hydroxylation is 2. The Morgan fingerprint density at radius 1 is 0.943 bits per heavy atom. The lowest BCUT2D eigenvalue weighted by atomic mass is 10.1. The number of rotatable bonds is 5. The van der Waals surface area contributed by atoms with Crippen molar-refractivity contribution in [2.45, 2.75) is 32.7 Å². The Bertz CT molecular complexity index is 1410. The number of carbonyl (C=O) groups excluding carboxylic acids is 2. The second kappa shape index (κ2) is 9.54. The number of halogens is 1. The van der Waals surface area contributed by atoms with Crippen molar-refractivity contribution in [1.82, 2.24) is 9.55 Å². The maximum Gasteiger partial charge on any atom is 0.258 e. The summed E-state index contributed by atoms with van der Waals surface area (Å²) >= 11 is 0. The number of amides is 2. The van der Waals surface area contributed by atoms with Gasteiger partial charge in [-0.15, -0.1) is 0 Å². The summed E-state index contributed by atoms with van der Waals surface area (Å²) in [6.07, 6.45) is 5.36. The normalized spacial score (nSPS) is 12.6. The summed E-state index contributed by atoms with van der Waals surface area (Å²) in [4.78, 5) is 30.0. The number of aromatic nitrogens is 2. The second-order valence-corrected chi connectivity index (χ2v) is 8.68. The quantitative estimate of drug-likeness (QED) is 0.386. The lowest BCUT2D eigenvalue weighted by molar-refractivity contribution is 0.101. The van der Waals surface area contributed by atoms with Gasteiger partial charge in [-0.3, -0.25) is 9.59 Å². The molecule has 6 nitrogen and oxygen atoms in total. The Kier molecular flexibility index (Phi) is 6.14. The van der Waals surface area contributed by atoms with E-state index in [9.17, 15) is 14.0 Å². The SMILES string of the molecule is Cc1ccc(C(=O)Nc2ccc(-c3ncc4n3CCCC4)cc2)cc1NC(=O)c1ccccc1F. The lowest BCUT2D eigenvalue weighted by Crippen LogP contribution is -2.16. The Morgan fingerprint density at radius 3 is 2.54 bits per heavy atom. The van der Waals surface area contributed by atoms with Crippen LogP contribution in [-0.2, 0) is 13.0 Å². The van der Waals surface area contributed by atoms with Gasteiger partial charge in [-0.1, -0.05) is 18.2 Å². The molecule has 0 unspecified atom stereocenters. The average molecular weight is 469 g/mol. The summed E-state index contributed by atoms with van der Waals surface area (Å²) in [6.45, 7) is 2.79. The van der Waals surface area contributed by atoms with Crippen LogP contribution in [0.15, 0.2) is 72.9 Å². The molecule has 4 aromatic rings. The summed E-state index contributed by atoms with van der Waals surface area (Å²) in [5, 5.41) is 5.60. The number of fused-ring (bicyclic) bond motifs is 1. The van der Waals surface area contributed by atoms with Crippen LogP contribution in [0.25, 0.3) is 11.4 Å². The first-order chi connectivity index (χ1) is 17.0. The Balaban J connectivity index is 1.30. The van der Waals surface area contributed by atoms with Crippen LogP contribution >= 0.6 is 0 Å². The molecule has 0 radical (unpaired) electrons. The molecule has 1 aliphatic heterocycles. The van der Waals surface area contributed by atoms with E-state index in [1.54, 1.807) is 24.3 Å². The van der Waals surface area contributed by atoms with Crippen molar-refractivity contribution in [1.29, 1.82) is 0 Å². The van der Waals surface area contributed by atoms with E-state index in [1.165, 1.54) is 30.3 Å². The van der Waals surface area contributed by atoms with Gasteiger partial charge in [-0.2, -0.15) is 0 Å². The Hall–Kier alpha value is -4.26. The number of imidazole rings is 1. The first kappa shape index (κ1) is 22.5. The molecule has 0 saturated heterocycles. The maximum absolute atomic E-state index is 14.0. The van der Waals surface area contributed by atoms with Gasteiger partial charge in [0.25, 0.3) is 11.8 Å². The van der Waals surface area contributed by atoms with Gasteiger partial charge in [-0.25, -0.2) is 9.37 Å². The van der Waals surface area contributed by atoms with Gasteiger partial charge in [-0.05, 0) is 80.3 Å². The summed E-state index contributed by atoms with van der Waals surface area (Å²) in [7, 11) is 0. The van der Waals surface area contributed by atoms with E-state index < -0.39 is 11.7 Å². The van der Waals surface area contributed by atoms with E-state index >= 15 is 0 Å². The monoisotopic (exact) mass is 468 g/mol. The number of anilines is 2. The van der Waals surface area contributed by atoms with Crippen molar-refractivity contribution in [2.24, 2.45) is 0 Å². The molecule has 2 heterocycles. The molecule has 0 saturated carbocycles. The molecule has 0 bridgehead atoms. The zero-order chi connectivity index (χ0) is 24.4. The molecule has 2 N–H and O–H groups in total. The van der Waals surface area contributed by atoms with E-state index in [4.69, 9.17) is 0 Å². The van der Waals surface area contributed by atoms with Crippen molar-refractivity contribution >= 4 is 23.2 Å². The van der Waals surface area contributed by atoms with Crippen molar-refractivity contribution in [3.05, 3.63) is 101 Å². The molecule has 1 aliphatic rings. The van der Waals surface area contributed by atoms with Crippen LogP contribution in [0.1, 0.15) is 44.8 Å². The molecule has 2 amide bonds. The molecule has 1 aromatic heterocycles. The third-order valence-electron chi connectivity index (χ3n) is 6.27. The van der Waals surface area contributed by atoms with E-state index in [-0.39, 0.29) is 11.5 Å². The third kappa shape index (κ3) is 4.71. The Morgan fingerprint density at radius 2 is 1.74 bits per heavy atom. The van der Waals surface area contributed by atoms with Crippen molar-refractivity contribution < 1.29 is 14.0 Å². The number of nitrogens with zero attached hydrogens (tertiary/aromatic N) is 2. The molecule has 7 heteroatoms. The van der Waals surface area contributed by atoms with Gasteiger partial charge in [0.2, 0.25) is 0 Å². The van der Waals surface area contributed by atoms with Gasteiger partial charge in [0.15, 0.2) is 0 Å². The number of hydrogen-bond donors (Lipinski definition) is 2. The fourth-order valence-electron chi connectivity index (χ4n) is 4.31. The summed E-state index contributed by atoms with van der Waals surface area (Å²) in [5.41, 5.74) is 4.46. The largest absolute Gasteiger partial charge is 0.328 e. The fourth-order valence-corrected chi connectivity index (χ4v) is 4.31. The zero-order valence-electron chi connectivity index (χ0n) is 19.3. The number of benzene rings is 3. The highest BCUT2D eigenvalue weighted by Crippen LogP contribution is 2.26. The van der Waals surface area contributed by atoms with Crippen molar-refractivity contribution in [3.8, 4) is 11.4 Å². The van der Waals surface area contributed by atoms with Crippen molar-refractivity contribution in [3.63, 3.8) is 0 Å². The molecular weight excluding hydrogens is 443 g/mol. The molecule has 35 heavy (non-hydrogen) atoms. The molecule has 0 aliphatic carbocycles. The van der Waals surface area contributed by atoms with E-state index in [0.29, 0.717) is 16.9 Å². The van der Waals surface area contributed by atoms with Crippen LogP contribution in [-0.4, -0.2) is 21.4 Å². The summed E-state index contributed by atoms with van der Waals surface area (Å²) < 4.78 is 16.2. The van der Waals surface area contributed by atoms with Crippen LogP contribution in [0.2, 0.25) is 0 Å². The van der Waals surface area contributed by atoms with Gasteiger partial charge in [0, 0.05) is 40.9 Å². The van der Waals surface area contributed by atoms with E-state index in [2.05, 4.69) is 20.2 Å². The first-order valence-electron chi connectivity index (χ1n) is 11.6. The van der Waals surface area contributed by atoms with E-state index in [0.717, 1.165) is 36.3 Å². The number of nitrogens with one attached hydrogen (secondary N) is 2. The lowest BCUT2D eigenvalue weighted by Gasteiger charge is -2.16. The minimum atomic E-state index is -0.601. The van der Waals surface area contributed by atoms with Crippen LogP contribution in [0.5, 0.6) is 0 Å². The van der Waals surface area contributed by atoms with Crippen molar-refractivity contribution in [2.75, 3.05) is 10.6 Å². The summed E-state index contributed by atoms with van der Waals surface area (Å²) in [6, 6.07) is 18.4. The first-order valence-corrected chi connectivity index (χ1v) is 11.6. The van der Waals surface area contributed by atoms with Gasteiger partial charge < -0.3 is 15.2 Å². The molecule has 0 atom stereocenters. The highest BCUT2D eigenvalue weighted by atomic mass is 19.1. The predicted molar refractivity (Wildman–Crippen MR) is 134 cm³/mol. The molecule has 0 fully saturated rings. The number of hydrogen-bond acceptors (Lipinski definition) is 3. The average Bonchev–Trinajstić information content (AvgIpc) is 3.30. The van der Waals surface area contributed by atoms with Gasteiger partial charge >= 0.3 is 0 Å². The minimum absolute atomic E-state index is 0.0550. The zero-order valence-corrected chi connectivity index (χ0v) is 19.3. The molecule has 5 rings (SSSR count). The van der Waals surface area contributed by atoms with Gasteiger partial charge in [0.1, 0.15) is 11.6 Å². The standard InChI is InChI=1S/C28H25FN4O2/c1-18-9-10-20(16-25(18)32-28(35)23-7-2-3-8-24(23)29)27(34)31-21-13-11-19(12-14-21)26-30-17-22-6-4-5-15-33(22)26/h2-3,7-14,16-17H,4-6,15H2,1H3,(H,31,34)(H,32,35). The fraction of sp³-hybridized carbons (Fsp3) is 0.179. The third-order valence-corrected chi connectivity index (χ3v) is 6.27. The summed E-state index contributed by atoms with van der Waals surface area (Å²) in [5.74, 6) is -0.528. The number of carbonyl (C=O) groups is 2. The van der Waals surface area contributed by atoms with Crippen LogP contribution in [0.3, 0.4) is 0 Å². The second-order valence-electron chi connectivity index (χ2n) is 8.68. The smallest absolute Gasteiger partial charge is 0.258 e. The Labute approximate surface area is 202 Å². The maximum atomic E-state index is 14.0. The molecular formula is C28H25FN4O2. The highest BCUT2D eigenvalue weighted by molar-refractivity contribution is 6.08. The van der Waals surface area contributed by atoms with Gasteiger partial charge in [0.05, 0.1) is 5.56 Å². The molecule has 3 aromatic carbocycles. The molecule has 0 spiro atoms. The highest BCUT2D eigenvalue weighted by Gasteiger charge is 2.16. The van der Waals surface area contributed by atoms with Crippen LogP contribution < -0.4 is 10.6 Å². The van der Waals surface area contributed by atoms with E-state index in [1.807, 2.05) is 37.4 Å².